The molecule has 0 unspecified atom stereocenters. The standard InChI is InChI=1S/C16H22O4/c1-3-19-15(17)11-5-4-6-12-16(18)20-14-10-8-7-9-13(14)2/h7-10H,3-6,11-12H2,1-2H3. The Morgan fingerprint density at radius 2 is 1.65 bits per heavy atom. The van der Waals surface area contributed by atoms with E-state index in [2.05, 4.69) is 0 Å². The number of ether oxygens (including phenoxy) is 2. The molecular formula is C16H22O4. The molecule has 0 saturated carbocycles. The predicted octanol–water partition coefficient (Wildman–Crippen LogP) is 3.41. The van der Waals surface area contributed by atoms with Crippen molar-refractivity contribution in [2.75, 3.05) is 6.61 Å². The summed E-state index contributed by atoms with van der Waals surface area (Å²) in [4.78, 5) is 22.8. The third-order valence-electron chi connectivity index (χ3n) is 2.88. The van der Waals surface area contributed by atoms with Crippen LogP contribution in [0.2, 0.25) is 0 Å². The molecule has 4 heteroatoms. The molecule has 0 aliphatic rings. The summed E-state index contributed by atoms with van der Waals surface area (Å²) in [5.41, 5.74) is 0.947. The molecule has 0 amide bonds. The lowest BCUT2D eigenvalue weighted by Crippen LogP contribution is -2.08. The number of hydrogen-bond acceptors (Lipinski definition) is 4. The average Bonchev–Trinajstić information content (AvgIpc) is 2.41. The van der Waals surface area contributed by atoms with E-state index in [1.54, 1.807) is 13.0 Å². The van der Waals surface area contributed by atoms with E-state index < -0.39 is 0 Å². The normalized spacial score (nSPS) is 10.1. The zero-order valence-electron chi connectivity index (χ0n) is 12.2. The second-order valence-electron chi connectivity index (χ2n) is 4.61. The number of carbonyl (C=O) groups is 2. The van der Waals surface area contributed by atoms with E-state index in [1.807, 2.05) is 25.1 Å². The summed E-state index contributed by atoms with van der Waals surface area (Å²) in [7, 11) is 0. The molecule has 20 heavy (non-hydrogen) atoms. The Bertz CT molecular complexity index is 440. The maximum Gasteiger partial charge on any atom is 0.311 e. The zero-order chi connectivity index (χ0) is 14.8. The van der Waals surface area contributed by atoms with Crippen LogP contribution in [0.4, 0.5) is 0 Å². The largest absolute Gasteiger partial charge is 0.466 e. The molecule has 0 heterocycles. The lowest BCUT2D eigenvalue weighted by molar-refractivity contribution is -0.143. The Morgan fingerprint density at radius 1 is 1.00 bits per heavy atom. The van der Waals surface area contributed by atoms with Crippen LogP contribution >= 0.6 is 0 Å². The maximum absolute atomic E-state index is 11.7. The van der Waals surface area contributed by atoms with Crippen LogP contribution in [0.1, 0.15) is 44.6 Å². The first kappa shape index (κ1) is 16.2. The van der Waals surface area contributed by atoms with Crippen molar-refractivity contribution >= 4 is 11.9 Å². The molecule has 0 aromatic heterocycles. The number of unbranched alkanes of at least 4 members (excludes halogenated alkanes) is 2. The molecule has 0 aliphatic heterocycles. The number of aryl methyl sites for hydroxylation is 1. The molecule has 0 spiro atoms. The highest BCUT2D eigenvalue weighted by molar-refractivity contribution is 5.72. The number of rotatable bonds is 8. The van der Waals surface area contributed by atoms with Crippen LogP contribution in [-0.4, -0.2) is 18.5 Å². The molecule has 4 nitrogen and oxygen atoms in total. The molecule has 0 saturated heterocycles. The summed E-state index contributed by atoms with van der Waals surface area (Å²) >= 11 is 0. The molecule has 1 rings (SSSR count). The minimum atomic E-state index is -0.226. The fourth-order valence-corrected chi connectivity index (χ4v) is 1.79. The van der Waals surface area contributed by atoms with Crippen LogP contribution in [-0.2, 0) is 14.3 Å². The summed E-state index contributed by atoms with van der Waals surface area (Å²) < 4.78 is 10.1. The van der Waals surface area contributed by atoms with Crippen LogP contribution in [0, 0.1) is 6.92 Å². The second kappa shape index (κ2) is 9.13. The van der Waals surface area contributed by atoms with Crippen molar-refractivity contribution in [3.05, 3.63) is 29.8 Å². The first-order valence-electron chi connectivity index (χ1n) is 7.05. The van der Waals surface area contributed by atoms with Crippen molar-refractivity contribution < 1.29 is 19.1 Å². The third kappa shape index (κ3) is 6.36. The number of benzene rings is 1. The van der Waals surface area contributed by atoms with E-state index in [9.17, 15) is 9.59 Å². The van der Waals surface area contributed by atoms with Crippen LogP contribution < -0.4 is 4.74 Å². The average molecular weight is 278 g/mol. The maximum atomic E-state index is 11.7. The lowest BCUT2D eigenvalue weighted by Gasteiger charge is -2.06. The molecule has 1 aromatic rings. The summed E-state index contributed by atoms with van der Waals surface area (Å²) in [6, 6.07) is 7.44. The van der Waals surface area contributed by atoms with Gasteiger partial charge in [0, 0.05) is 12.8 Å². The first-order chi connectivity index (χ1) is 9.63. The molecule has 0 aliphatic carbocycles. The van der Waals surface area contributed by atoms with Gasteiger partial charge in [0.15, 0.2) is 0 Å². The van der Waals surface area contributed by atoms with Crippen molar-refractivity contribution in [3.8, 4) is 5.75 Å². The number of hydrogen-bond donors (Lipinski definition) is 0. The summed E-state index contributed by atoms with van der Waals surface area (Å²) in [6.07, 6.45) is 3.08. The van der Waals surface area contributed by atoms with Gasteiger partial charge in [-0.1, -0.05) is 24.6 Å². The Hall–Kier alpha value is -1.84. The summed E-state index contributed by atoms with van der Waals surface area (Å²) in [5, 5.41) is 0. The highest BCUT2D eigenvalue weighted by Crippen LogP contribution is 2.17. The minimum Gasteiger partial charge on any atom is -0.466 e. The van der Waals surface area contributed by atoms with Gasteiger partial charge in [-0.3, -0.25) is 9.59 Å². The minimum absolute atomic E-state index is 0.171. The highest BCUT2D eigenvalue weighted by atomic mass is 16.5. The molecule has 0 atom stereocenters. The van der Waals surface area contributed by atoms with E-state index in [0.717, 1.165) is 24.8 Å². The summed E-state index contributed by atoms with van der Waals surface area (Å²) in [5.74, 6) is 0.217. The number of para-hydroxylation sites is 1. The molecule has 110 valence electrons. The van der Waals surface area contributed by atoms with Gasteiger partial charge in [-0.2, -0.15) is 0 Å². The fourth-order valence-electron chi connectivity index (χ4n) is 1.79. The van der Waals surface area contributed by atoms with Gasteiger partial charge in [-0.05, 0) is 38.3 Å². The molecule has 1 aromatic carbocycles. The SMILES string of the molecule is CCOC(=O)CCCCCC(=O)Oc1ccccc1C. The second-order valence-corrected chi connectivity index (χ2v) is 4.61. The van der Waals surface area contributed by atoms with Crippen LogP contribution in [0.3, 0.4) is 0 Å². The van der Waals surface area contributed by atoms with Gasteiger partial charge in [0.1, 0.15) is 5.75 Å². The van der Waals surface area contributed by atoms with Crippen molar-refractivity contribution in [3.63, 3.8) is 0 Å². The van der Waals surface area contributed by atoms with E-state index in [0.29, 0.717) is 25.2 Å². The van der Waals surface area contributed by atoms with Gasteiger partial charge in [0.2, 0.25) is 0 Å². The molecular weight excluding hydrogens is 256 g/mol. The zero-order valence-corrected chi connectivity index (χ0v) is 12.2. The number of esters is 2. The van der Waals surface area contributed by atoms with Gasteiger partial charge in [-0.25, -0.2) is 0 Å². The van der Waals surface area contributed by atoms with Gasteiger partial charge in [0.05, 0.1) is 6.61 Å². The van der Waals surface area contributed by atoms with Gasteiger partial charge >= 0.3 is 11.9 Å². The van der Waals surface area contributed by atoms with Crippen molar-refractivity contribution in [1.29, 1.82) is 0 Å². The smallest absolute Gasteiger partial charge is 0.311 e. The molecule has 0 bridgehead atoms. The Kier molecular flexibility index (Phi) is 7.40. The van der Waals surface area contributed by atoms with E-state index in [4.69, 9.17) is 9.47 Å². The molecule has 0 N–H and O–H groups in total. The van der Waals surface area contributed by atoms with Crippen molar-refractivity contribution in [1.82, 2.24) is 0 Å². The first-order valence-corrected chi connectivity index (χ1v) is 7.05. The number of carbonyl (C=O) groups excluding carboxylic acids is 2. The Balaban J connectivity index is 2.15. The van der Waals surface area contributed by atoms with Gasteiger partial charge in [-0.15, -0.1) is 0 Å². The summed E-state index contributed by atoms with van der Waals surface area (Å²) in [6.45, 7) is 4.11. The van der Waals surface area contributed by atoms with Crippen LogP contribution in [0.5, 0.6) is 5.75 Å². The third-order valence-corrected chi connectivity index (χ3v) is 2.88. The van der Waals surface area contributed by atoms with E-state index in [1.165, 1.54) is 0 Å². The topological polar surface area (TPSA) is 52.6 Å². The highest BCUT2D eigenvalue weighted by Gasteiger charge is 2.07. The quantitative estimate of drug-likeness (QED) is 0.415. The Morgan fingerprint density at radius 3 is 2.30 bits per heavy atom. The van der Waals surface area contributed by atoms with Gasteiger partial charge < -0.3 is 9.47 Å². The van der Waals surface area contributed by atoms with Crippen LogP contribution in [0.15, 0.2) is 24.3 Å². The van der Waals surface area contributed by atoms with E-state index in [-0.39, 0.29) is 11.9 Å². The van der Waals surface area contributed by atoms with Gasteiger partial charge in [0.25, 0.3) is 0 Å². The van der Waals surface area contributed by atoms with Crippen LogP contribution in [0.25, 0.3) is 0 Å². The van der Waals surface area contributed by atoms with Crippen molar-refractivity contribution in [2.45, 2.75) is 46.0 Å². The lowest BCUT2D eigenvalue weighted by atomic mass is 10.1. The monoisotopic (exact) mass is 278 g/mol. The van der Waals surface area contributed by atoms with E-state index >= 15 is 0 Å². The molecule has 0 fully saturated rings. The predicted molar refractivity (Wildman–Crippen MR) is 76.5 cm³/mol. The fraction of sp³-hybridized carbons (Fsp3) is 0.500. The molecule has 0 radical (unpaired) electrons. The Labute approximate surface area is 120 Å². The van der Waals surface area contributed by atoms with Crippen molar-refractivity contribution in [2.24, 2.45) is 0 Å².